The number of rotatable bonds is 9. The Morgan fingerprint density at radius 2 is 1.88 bits per heavy atom. The van der Waals surface area contributed by atoms with Gasteiger partial charge in [-0.1, -0.05) is 40.0 Å². The van der Waals surface area contributed by atoms with Crippen LogP contribution in [0.2, 0.25) is 0 Å². The number of fused-ring (bicyclic) bond motifs is 1. The highest BCUT2D eigenvalue weighted by Crippen LogP contribution is 2.35. The van der Waals surface area contributed by atoms with E-state index in [0.29, 0.717) is 0 Å². The Labute approximate surface area is 146 Å². The normalized spacial score (nSPS) is 11.7. The van der Waals surface area contributed by atoms with Gasteiger partial charge in [-0.15, -0.1) is 0 Å². The van der Waals surface area contributed by atoms with Crippen LogP contribution in [0, 0.1) is 6.92 Å². The van der Waals surface area contributed by atoms with Crippen molar-refractivity contribution >= 4 is 16.6 Å². The second-order valence-corrected chi connectivity index (χ2v) is 6.77. The first-order valence-electron chi connectivity index (χ1n) is 9.30. The number of hydrogen-bond acceptors (Lipinski definition) is 3. The van der Waals surface area contributed by atoms with E-state index in [1.165, 1.54) is 31.2 Å². The molecular formula is C21H32N2O. The fourth-order valence-corrected chi connectivity index (χ4v) is 3.42. The summed E-state index contributed by atoms with van der Waals surface area (Å²) in [6.45, 7) is 8.95. The zero-order chi connectivity index (χ0) is 17.6. The highest BCUT2D eigenvalue weighted by molar-refractivity contribution is 5.94. The third-order valence-electron chi connectivity index (χ3n) is 5.28. The van der Waals surface area contributed by atoms with Crippen LogP contribution in [0.25, 0.3) is 10.9 Å². The lowest BCUT2D eigenvalue weighted by Gasteiger charge is -2.35. The minimum Gasteiger partial charge on any atom is -0.497 e. The minimum absolute atomic E-state index is 0.125. The number of unbranched alkanes of at least 4 members (excludes halogenated alkanes) is 2. The summed E-state index contributed by atoms with van der Waals surface area (Å²) >= 11 is 0. The van der Waals surface area contributed by atoms with E-state index in [2.05, 4.69) is 56.2 Å². The van der Waals surface area contributed by atoms with Crippen LogP contribution < -0.4 is 10.1 Å². The Hall–Kier alpha value is -1.77. The van der Waals surface area contributed by atoms with Gasteiger partial charge in [0.05, 0.1) is 18.3 Å². The van der Waals surface area contributed by atoms with Gasteiger partial charge in [0, 0.05) is 23.2 Å². The van der Waals surface area contributed by atoms with Gasteiger partial charge >= 0.3 is 0 Å². The Kier molecular flexibility index (Phi) is 6.47. The monoisotopic (exact) mass is 328 g/mol. The number of methoxy groups -OCH3 is 1. The number of nitrogens with one attached hydrogen (secondary N) is 1. The molecule has 0 unspecified atom stereocenters. The van der Waals surface area contributed by atoms with Gasteiger partial charge < -0.3 is 10.1 Å². The summed E-state index contributed by atoms with van der Waals surface area (Å²) in [6, 6.07) is 6.23. The van der Waals surface area contributed by atoms with Gasteiger partial charge in [0.25, 0.3) is 0 Å². The van der Waals surface area contributed by atoms with E-state index in [9.17, 15) is 0 Å². The van der Waals surface area contributed by atoms with Crippen molar-refractivity contribution in [1.82, 2.24) is 4.98 Å². The fourth-order valence-electron chi connectivity index (χ4n) is 3.42. The van der Waals surface area contributed by atoms with Crippen molar-refractivity contribution in [1.29, 1.82) is 0 Å². The quantitative estimate of drug-likeness (QED) is 0.564. The van der Waals surface area contributed by atoms with E-state index in [0.717, 1.165) is 35.2 Å². The molecule has 1 aromatic heterocycles. The summed E-state index contributed by atoms with van der Waals surface area (Å²) in [5.41, 5.74) is 3.48. The van der Waals surface area contributed by atoms with Crippen LogP contribution in [0.3, 0.4) is 0 Å². The van der Waals surface area contributed by atoms with Crippen LogP contribution in [-0.4, -0.2) is 17.6 Å². The zero-order valence-corrected chi connectivity index (χ0v) is 15.9. The first-order chi connectivity index (χ1) is 11.6. The Morgan fingerprint density at radius 1 is 1.12 bits per heavy atom. The van der Waals surface area contributed by atoms with E-state index in [4.69, 9.17) is 4.74 Å². The molecule has 3 nitrogen and oxygen atoms in total. The molecular weight excluding hydrogens is 296 g/mol. The minimum atomic E-state index is 0.125. The van der Waals surface area contributed by atoms with Gasteiger partial charge in [0.15, 0.2) is 0 Å². The first kappa shape index (κ1) is 18.6. The Bertz CT molecular complexity index is 662. The van der Waals surface area contributed by atoms with Crippen LogP contribution >= 0.6 is 0 Å². The summed E-state index contributed by atoms with van der Waals surface area (Å²) < 4.78 is 5.53. The molecule has 3 heteroatoms. The smallest absolute Gasteiger partial charge is 0.121 e. The van der Waals surface area contributed by atoms with Crippen LogP contribution in [-0.2, 0) is 0 Å². The molecule has 132 valence electrons. The summed E-state index contributed by atoms with van der Waals surface area (Å²) in [4.78, 5) is 4.65. The number of ether oxygens (including phenoxy) is 1. The molecule has 0 atom stereocenters. The molecule has 0 bridgehead atoms. The summed E-state index contributed by atoms with van der Waals surface area (Å²) in [6.07, 6.45) is 9.12. The van der Waals surface area contributed by atoms with Crippen LogP contribution in [0.15, 0.2) is 24.4 Å². The van der Waals surface area contributed by atoms with Gasteiger partial charge in [-0.25, -0.2) is 0 Å². The summed E-state index contributed by atoms with van der Waals surface area (Å²) in [5, 5.41) is 5.01. The number of hydrogen-bond donors (Lipinski definition) is 1. The molecule has 0 aliphatic rings. The molecule has 1 heterocycles. The Morgan fingerprint density at radius 3 is 2.50 bits per heavy atom. The van der Waals surface area contributed by atoms with Crippen molar-refractivity contribution in [3.63, 3.8) is 0 Å². The lowest BCUT2D eigenvalue weighted by atomic mass is 9.86. The molecule has 0 aliphatic carbocycles. The molecule has 0 spiro atoms. The fraction of sp³-hybridized carbons (Fsp3) is 0.571. The summed E-state index contributed by atoms with van der Waals surface area (Å²) in [5.74, 6) is 0.885. The molecule has 0 fully saturated rings. The van der Waals surface area contributed by atoms with Gasteiger partial charge in [-0.05, 0) is 43.9 Å². The maximum Gasteiger partial charge on any atom is 0.121 e. The van der Waals surface area contributed by atoms with Gasteiger partial charge in [-0.3, -0.25) is 4.98 Å². The van der Waals surface area contributed by atoms with Crippen LogP contribution in [0.1, 0.15) is 64.9 Å². The maximum absolute atomic E-state index is 5.53. The Balaban J connectivity index is 2.43. The van der Waals surface area contributed by atoms with Crippen LogP contribution in [0.5, 0.6) is 5.75 Å². The largest absolute Gasteiger partial charge is 0.497 e. The highest BCUT2D eigenvalue weighted by Gasteiger charge is 2.26. The zero-order valence-electron chi connectivity index (χ0n) is 15.9. The van der Waals surface area contributed by atoms with E-state index >= 15 is 0 Å². The molecule has 0 aliphatic heterocycles. The molecule has 1 N–H and O–H groups in total. The van der Waals surface area contributed by atoms with E-state index in [1.54, 1.807) is 7.11 Å². The van der Waals surface area contributed by atoms with Crippen molar-refractivity contribution in [3.05, 3.63) is 30.0 Å². The number of aromatic nitrogens is 1. The molecule has 2 aromatic rings. The number of nitrogens with zero attached hydrogens (tertiary/aromatic N) is 1. The average molecular weight is 329 g/mol. The molecule has 24 heavy (non-hydrogen) atoms. The van der Waals surface area contributed by atoms with E-state index in [-0.39, 0.29) is 5.54 Å². The van der Waals surface area contributed by atoms with E-state index < -0.39 is 0 Å². The lowest BCUT2D eigenvalue weighted by Crippen LogP contribution is -2.37. The number of pyridine rings is 1. The maximum atomic E-state index is 5.53. The summed E-state index contributed by atoms with van der Waals surface area (Å²) in [7, 11) is 1.73. The first-order valence-corrected chi connectivity index (χ1v) is 9.30. The SMILES string of the molecule is CCCCCC(CC)(CC)Nc1cc(OC)cc2c(C)ccnc12. The molecule has 1 aromatic carbocycles. The molecule has 0 saturated carbocycles. The highest BCUT2D eigenvalue weighted by atomic mass is 16.5. The molecule has 2 rings (SSSR count). The second kappa shape index (κ2) is 8.36. The molecule has 0 saturated heterocycles. The number of benzene rings is 1. The second-order valence-electron chi connectivity index (χ2n) is 6.77. The third-order valence-corrected chi connectivity index (χ3v) is 5.28. The predicted octanol–water partition coefficient (Wildman–Crippen LogP) is 6.10. The van der Waals surface area contributed by atoms with Crippen molar-refractivity contribution < 1.29 is 4.74 Å². The van der Waals surface area contributed by atoms with Crippen molar-refractivity contribution in [2.45, 2.75) is 71.8 Å². The average Bonchev–Trinajstić information content (AvgIpc) is 2.61. The van der Waals surface area contributed by atoms with Crippen molar-refractivity contribution in [2.75, 3.05) is 12.4 Å². The number of anilines is 1. The van der Waals surface area contributed by atoms with Crippen molar-refractivity contribution in [2.24, 2.45) is 0 Å². The lowest BCUT2D eigenvalue weighted by molar-refractivity contribution is 0.385. The van der Waals surface area contributed by atoms with Gasteiger partial charge in [0.2, 0.25) is 0 Å². The molecule has 0 radical (unpaired) electrons. The number of aryl methyl sites for hydroxylation is 1. The van der Waals surface area contributed by atoms with Gasteiger partial charge in [-0.2, -0.15) is 0 Å². The van der Waals surface area contributed by atoms with Crippen LogP contribution in [0.4, 0.5) is 5.69 Å². The van der Waals surface area contributed by atoms with Crippen molar-refractivity contribution in [3.8, 4) is 5.75 Å². The standard InChI is InChI=1S/C21H32N2O/c1-6-9-10-12-21(7-2,8-3)23-19-15-17(24-5)14-18-16(4)11-13-22-20(18)19/h11,13-15,23H,6-10,12H2,1-5H3. The van der Waals surface area contributed by atoms with E-state index in [1.807, 2.05) is 6.20 Å². The molecule has 0 amide bonds. The predicted molar refractivity (Wildman–Crippen MR) is 104 cm³/mol. The van der Waals surface area contributed by atoms with Gasteiger partial charge in [0.1, 0.15) is 5.75 Å². The topological polar surface area (TPSA) is 34.1 Å². The third kappa shape index (κ3) is 4.00.